The first-order valence-electron chi connectivity index (χ1n) is 6.93. The summed E-state index contributed by atoms with van der Waals surface area (Å²) in [5.41, 5.74) is 0.693. The second-order valence-corrected chi connectivity index (χ2v) is 5.36. The lowest BCUT2D eigenvalue weighted by atomic mass is 9.99. The Balaban J connectivity index is 1.79. The lowest BCUT2D eigenvalue weighted by Crippen LogP contribution is -2.39. The number of hydrogen-bond donors (Lipinski definition) is 0. The topological polar surface area (TPSA) is 38.8 Å². The molecule has 4 heteroatoms. The number of piperidine rings is 1. The fourth-order valence-corrected chi connectivity index (χ4v) is 2.73. The smallest absolute Gasteiger partial charge is 0.254 e. The van der Waals surface area contributed by atoms with Crippen molar-refractivity contribution >= 4 is 5.91 Å². The van der Waals surface area contributed by atoms with Gasteiger partial charge in [0, 0.05) is 18.7 Å². The van der Waals surface area contributed by atoms with Crippen molar-refractivity contribution in [2.75, 3.05) is 26.3 Å². The number of likely N-dealkylation sites (tertiary alicyclic amines) is 1. The molecular weight excluding hydrogens is 242 g/mol. The number of nitrogens with zero attached hydrogens (tertiary/aromatic N) is 1. The van der Waals surface area contributed by atoms with Crippen LogP contribution in [0.25, 0.3) is 0 Å². The standard InChI is InChI=1S/C15H19NO3/c1-11-3-2-6-16(10-11)15(17)12-4-5-13-14(9-12)19-8-7-18-13/h4-5,9,11H,2-3,6-8,10H2,1H3/t11-/m1/s1. The Labute approximate surface area is 113 Å². The van der Waals surface area contributed by atoms with E-state index in [1.54, 1.807) is 6.07 Å². The Morgan fingerprint density at radius 3 is 2.84 bits per heavy atom. The van der Waals surface area contributed by atoms with Gasteiger partial charge in [-0.3, -0.25) is 4.79 Å². The average molecular weight is 261 g/mol. The van der Waals surface area contributed by atoms with Gasteiger partial charge in [-0.25, -0.2) is 0 Å². The van der Waals surface area contributed by atoms with E-state index in [1.807, 2.05) is 17.0 Å². The van der Waals surface area contributed by atoms with Gasteiger partial charge in [-0.2, -0.15) is 0 Å². The highest BCUT2D eigenvalue weighted by Crippen LogP contribution is 2.31. The normalized spacial score (nSPS) is 22.2. The molecule has 0 aliphatic carbocycles. The van der Waals surface area contributed by atoms with E-state index < -0.39 is 0 Å². The fourth-order valence-electron chi connectivity index (χ4n) is 2.73. The maximum absolute atomic E-state index is 12.5. The number of carbonyl (C=O) groups is 1. The third kappa shape index (κ3) is 2.53. The molecule has 4 nitrogen and oxygen atoms in total. The molecule has 19 heavy (non-hydrogen) atoms. The van der Waals surface area contributed by atoms with E-state index in [2.05, 4.69) is 6.92 Å². The monoisotopic (exact) mass is 261 g/mol. The summed E-state index contributed by atoms with van der Waals surface area (Å²) in [6.45, 7) is 5.03. The first-order chi connectivity index (χ1) is 9.24. The molecule has 1 aromatic carbocycles. The molecule has 1 fully saturated rings. The van der Waals surface area contributed by atoms with Gasteiger partial charge >= 0.3 is 0 Å². The van der Waals surface area contributed by atoms with Crippen molar-refractivity contribution in [2.24, 2.45) is 5.92 Å². The maximum Gasteiger partial charge on any atom is 0.254 e. The Hall–Kier alpha value is -1.71. The second-order valence-electron chi connectivity index (χ2n) is 5.36. The van der Waals surface area contributed by atoms with Crippen LogP contribution in [0.2, 0.25) is 0 Å². The van der Waals surface area contributed by atoms with E-state index in [4.69, 9.17) is 9.47 Å². The number of benzene rings is 1. The molecular formula is C15H19NO3. The second kappa shape index (κ2) is 5.11. The summed E-state index contributed by atoms with van der Waals surface area (Å²) >= 11 is 0. The van der Waals surface area contributed by atoms with Gasteiger partial charge < -0.3 is 14.4 Å². The summed E-state index contributed by atoms with van der Waals surface area (Å²) in [5, 5.41) is 0. The summed E-state index contributed by atoms with van der Waals surface area (Å²) in [6.07, 6.45) is 2.31. The van der Waals surface area contributed by atoms with Crippen molar-refractivity contribution in [3.8, 4) is 11.5 Å². The Bertz CT molecular complexity index is 486. The number of amides is 1. The third-order valence-corrected chi connectivity index (χ3v) is 3.73. The number of ether oxygens (including phenoxy) is 2. The molecule has 0 aromatic heterocycles. The number of fused-ring (bicyclic) bond motifs is 1. The summed E-state index contributed by atoms with van der Waals surface area (Å²) < 4.78 is 11.0. The van der Waals surface area contributed by atoms with Crippen molar-refractivity contribution in [3.63, 3.8) is 0 Å². The van der Waals surface area contributed by atoms with Crippen molar-refractivity contribution in [1.29, 1.82) is 0 Å². The van der Waals surface area contributed by atoms with Gasteiger partial charge in [-0.15, -0.1) is 0 Å². The molecule has 0 unspecified atom stereocenters. The SMILES string of the molecule is C[C@@H]1CCCN(C(=O)c2ccc3c(c2)OCCO3)C1. The predicted octanol–water partition coefficient (Wildman–Crippen LogP) is 2.33. The zero-order valence-electron chi connectivity index (χ0n) is 11.2. The Kier molecular flexibility index (Phi) is 3.32. The van der Waals surface area contributed by atoms with Gasteiger partial charge in [-0.1, -0.05) is 6.92 Å². The lowest BCUT2D eigenvalue weighted by Gasteiger charge is -2.31. The molecule has 0 bridgehead atoms. The van der Waals surface area contributed by atoms with E-state index in [1.165, 1.54) is 6.42 Å². The Morgan fingerprint density at radius 2 is 2.05 bits per heavy atom. The zero-order valence-corrected chi connectivity index (χ0v) is 11.2. The van der Waals surface area contributed by atoms with Crippen LogP contribution in [0.3, 0.4) is 0 Å². The highest BCUT2D eigenvalue weighted by atomic mass is 16.6. The number of rotatable bonds is 1. The van der Waals surface area contributed by atoms with Crippen LogP contribution in [0, 0.1) is 5.92 Å². The third-order valence-electron chi connectivity index (χ3n) is 3.73. The van der Waals surface area contributed by atoms with Gasteiger partial charge in [0.2, 0.25) is 0 Å². The highest BCUT2D eigenvalue weighted by molar-refractivity contribution is 5.95. The van der Waals surface area contributed by atoms with E-state index in [9.17, 15) is 4.79 Å². The van der Waals surface area contributed by atoms with Crippen LogP contribution in [0.15, 0.2) is 18.2 Å². The fraction of sp³-hybridized carbons (Fsp3) is 0.533. The van der Waals surface area contributed by atoms with Crippen LogP contribution in [0.1, 0.15) is 30.1 Å². The quantitative estimate of drug-likeness (QED) is 0.779. The van der Waals surface area contributed by atoms with Crippen molar-refractivity contribution in [3.05, 3.63) is 23.8 Å². The molecule has 1 atom stereocenters. The molecule has 1 aromatic rings. The first-order valence-corrected chi connectivity index (χ1v) is 6.93. The maximum atomic E-state index is 12.5. The Morgan fingerprint density at radius 1 is 1.26 bits per heavy atom. The molecule has 2 heterocycles. The van der Waals surface area contributed by atoms with E-state index in [0.717, 1.165) is 25.3 Å². The van der Waals surface area contributed by atoms with Crippen LogP contribution in [-0.4, -0.2) is 37.1 Å². The molecule has 2 aliphatic heterocycles. The van der Waals surface area contributed by atoms with Gasteiger partial charge in [0.15, 0.2) is 11.5 Å². The summed E-state index contributed by atoms with van der Waals surface area (Å²) in [7, 11) is 0. The molecule has 0 saturated carbocycles. The van der Waals surface area contributed by atoms with Gasteiger partial charge in [-0.05, 0) is 37.0 Å². The van der Waals surface area contributed by atoms with Crippen molar-refractivity contribution in [2.45, 2.75) is 19.8 Å². The minimum absolute atomic E-state index is 0.100. The largest absolute Gasteiger partial charge is 0.486 e. The van der Waals surface area contributed by atoms with E-state index in [0.29, 0.717) is 30.4 Å². The molecule has 1 amide bonds. The summed E-state index contributed by atoms with van der Waals surface area (Å²) in [6, 6.07) is 5.46. The van der Waals surface area contributed by atoms with Crippen LogP contribution in [0.4, 0.5) is 0 Å². The molecule has 1 saturated heterocycles. The molecule has 102 valence electrons. The van der Waals surface area contributed by atoms with Gasteiger partial charge in [0.25, 0.3) is 5.91 Å². The van der Waals surface area contributed by atoms with E-state index in [-0.39, 0.29) is 5.91 Å². The summed E-state index contributed by atoms with van der Waals surface area (Å²) in [4.78, 5) is 14.4. The molecule has 0 N–H and O–H groups in total. The van der Waals surface area contributed by atoms with Crippen molar-refractivity contribution in [1.82, 2.24) is 4.90 Å². The minimum atomic E-state index is 0.100. The number of hydrogen-bond acceptors (Lipinski definition) is 3. The van der Waals surface area contributed by atoms with Gasteiger partial charge in [0.05, 0.1) is 0 Å². The van der Waals surface area contributed by atoms with Crippen LogP contribution in [0.5, 0.6) is 11.5 Å². The number of carbonyl (C=O) groups excluding carboxylic acids is 1. The minimum Gasteiger partial charge on any atom is -0.486 e. The van der Waals surface area contributed by atoms with Crippen LogP contribution in [-0.2, 0) is 0 Å². The molecule has 0 radical (unpaired) electrons. The van der Waals surface area contributed by atoms with Crippen molar-refractivity contribution < 1.29 is 14.3 Å². The predicted molar refractivity (Wildman–Crippen MR) is 71.7 cm³/mol. The van der Waals surface area contributed by atoms with E-state index >= 15 is 0 Å². The average Bonchev–Trinajstić information content (AvgIpc) is 2.46. The first kappa shape index (κ1) is 12.3. The highest BCUT2D eigenvalue weighted by Gasteiger charge is 2.23. The lowest BCUT2D eigenvalue weighted by molar-refractivity contribution is 0.0682. The zero-order chi connectivity index (χ0) is 13.2. The van der Waals surface area contributed by atoms with Crippen LogP contribution < -0.4 is 9.47 Å². The van der Waals surface area contributed by atoms with Gasteiger partial charge in [0.1, 0.15) is 13.2 Å². The molecule has 3 rings (SSSR count). The van der Waals surface area contributed by atoms with Crippen LogP contribution >= 0.6 is 0 Å². The molecule has 0 spiro atoms. The molecule has 2 aliphatic rings. The summed E-state index contributed by atoms with van der Waals surface area (Å²) in [5.74, 6) is 2.11.